The van der Waals surface area contributed by atoms with Crippen LogP contribution in [0.3, 0.4) is 0 Å². The third-order valence-electron chi connectivity index (χ3n) is 3.13. The van der Waals surface area contributed by atoms with Gasteiger partial charge in [-0.3, -0.25) is 4.79 Å². The minimum Gasteiger partial charge on any atom is -0.507 e. The summed E-state index contributed by atoms with van der Waals surface area (Å²) in [5, 5.41) is 12.6. The van der Waals surface area contributed by atoms with Gasteiger partial charge in [-0.2, -0.15) is 0 Å². The van der Waals surface area contributed by atoms with Crippen molar-refractivity contribution in [2.24, 2.45) is 5.92 Å². The molecule has 4 heteroatoms. The van der Waals surface area contributed by atoms with Crippen LogP contribution in [0.1, 0.15) is 29.6 Å². The molecule has 0 spiro atoms. The van der Waals surface area contributed by atoms with Gasteiger partial charge in [0.1, 0.15) is 5.75 Å². The SMILES string of the molecule is O=C(NCC1CC=CCC1)c1ccc(Br)cc1O. The number of carbonyl (C=O) groups excluding carboxylic acids is 1. The first kappa shape index (κ1) is 13.1. The first-order valence-corrected chi connectivity index (χ1v) is 6.88. The van der Waals surface area contributed by atoms with E-state index in [4.69, 9.17) is 0 Å². The van der Waals surface area contributed by atoms with Crippen molar-refractivity contribution in [3.8, 4) is 5.75 Å². The van der Waals surface area contributed by atoms with E-state index in [1.807, 2.05) is 0 Å². The molecule has 0 heterocycles. The van der Waals surface area contributed by atoms with E-state index in [9.17, 15) is 9.90 Å². The smallest absolute Gasteiger partial charge is 0.255 e. The van der Waals surface area contributed by atoms with Gasteiger partial charge in [-0.25, -0.2) is 0 Å². The first-order chi connectivity index (χ1) is 8.66. The van der Waals surface area contributed by atoms with Crippen molar-refractivity contribution in [3.63, 3.8) is 0 Å². The van der Waals surface area contributed by atoms with Crippen LogP contribution in [0.4, 0.5) is 0 Å². The Balaban J connectivity index is 1.93. The lowest BCUT2D eigenvalue weighted by atomic mass is 9.94. The normalized spacial score (nSPS) is 18.6. The molecule has 2 rings (SSSR count). The molecule has 0 saturated carbocycles. The van der Waals surface area contributed by atoms with Gasteiger partial charge in [-0.15, -0.1) is 0 Å². The molecule has 96 valence electrons. The van der Waals surface area contributed by atoms with Gasteiger partial charge in [-0.1, -0.05) is 28.1 Å². The van der Waals surface area contributed by atoms with Crippen molar-refractivity contribution in [2.45, 2.75) is 19.3 Å². The zero-order chi connectivity index (χ0) is 13.0. The monoisotopic (exact) mass is 309 g/mol. The maximum absolute atomic E-state index is 11.9. The lowest BCUT2D eigenvalue weighted by Gasteiger charge is -2.18. The van der Waals surface area contributed by atoms with Crippen LogP contribution in [0.15, 0.2) is 34.8 Å². The lowest BCUT2D eigenvalue weighted by molar-refractivity contribution is 0.0943. The lowest BCUT2D eigenvalue weighted by Crippen LogP contribution is -2.29. The van der Waals surface area contributed by atoms with Crippen molar-refractivity contribution in [1.29, 1.82) is 0 Å². The van der Waals surface area contributed by atoms with Gasteiger partial charge in [0.25, 0.3) is 5.91 Å². The highest BCUT2D eigenvalue weighted by molar-refractivity contribution is 9.10. The van der Waals surface area contributed by atoms with Crippen LogP contribution in [0, 0.1) is 5.92 Å². The van der Waals surface area contributed by atoms with E-state index in [0.29, 0.717) is 18.0 Å². The summed E-state index contributed by atoms with van der Waals surface area (Å²) in [6.07, 6.45) is 7.57. The molecular formula is C14H16BrNO2. The van der Waals surface area contributed by atoms with Gasteiger partial charge in [0, 0.05) is 11.0 Å². The van der Waals surface area contributed by atoms with E-state index in [1.54, 1.807) is 12.1 Å². The molecule has 18 heavy (non-hydrogen) atoms. The van der Waals surface area contributed by atoms with Gasteiger partial charge in [0.2, 0.25) is 0 Å². The van der Waals surface area contributed by atoms with E-state index in [-0.39, 0.29) is 11.7 Å². The molecular weight excluding hydrogens is 294 g/mol. The van der Waals surface area contributed by atoms with Crippen LogP contribution < -0.4 is 5.32 Å². The van der Waals surface area contributed by atoms with Gasteiger partial charge in [0.15, 0.2) is 0 Å². The Morgan fingerprint density at radius 3 is 2.94 bits per heavy atom. The number of hydrogen-bond donors (Lipinski definition) is 2. The number of aromatic hydroxyl groups is 1. The summed E-state index contributed by atoms with van der Waals surface area (Å²) in [5.74, 6) is 0.302. The van der Waals surface area contributed by atoms with Crippen LogP contribution in [0.5, 0.6) is 5.75 Å². The number of halogens is 1. The molecule has 1 amide bonds. The fraction of sp³-hybridized carbons (Fsp3) is 0.357. The number of nitrogens with one attached hydrogen (secondary N) is 1. The summed E-state index contributed by atoms with van der Waals surface area (Å²) >= 11 is 3.25. The Morgan fingerprint density at radius 2 is 2.28 bits per heavy atom. The van der Waals surface area contributed by atoms with Gasteiger partial charge < -0.3 is 10.4 Å². The maximum atomic E-state index is 11.9. The molecule has 1 aliphatic carbocycles. The zero-order valence-corrected chi connectivity index (χ0v) is 11.6. The molecule has 0 radical (unpaired) electrons. The average molecular weight is 310 g/mol. The molecule has 1 aromatic rings. The van der Waals surface area contributed by atoms with Crippen molar-refractivity contribution in [2.75, 3.05) is 6.54 Å². The number of carbonyl (C=O) groups is 1. The Hall–Kier alpha value is -1.29. The molecule has 1 atom stereocenters. The molecule has 1 aliphatic rings. The van der Waals surface area contributed by atoms with E-state index in [2.05, 4.69) is 33.4 Å². The minimum absolute atomic E-state index is 0.00501. The third-order valence-corrected chi connectivity index (χ3v) is 3.63. The van der Waals surface area contributed by atoms with Crippen LogP contribution in [-0.4, -0.2) is 17.6 Å². The van der Waals surface area contributed by atoms with Crippen LogP contribution >= 0.6 is 15.9 Å². The van der Waals surface area contributed by atoms with E-state index in [1.165, 1.54) is 6.07 Å². The van der Waals surface area contributed by atoms with Gasteiger partial charge in [-0.05, 0) is 43.4 Å². The largest absolute Gasteiger partial charge is 0.507 e. The summed E-state index contributed by atoms with van der Waals surface area (Å²) in [6, 6.07) is 4.89. The molecule has 0 bridgehead atoms. The highest BCUT2D eigenvalue weighted by Gasteiger charge is 2.14. The number of phenolic OH excluding ortho intramolecular Hbond substituents is 1. The topological polar surface area (TPSA) is 49.3 Å². The Labute approximate surface area is 115 Å². The van der Waals surface area contributed by atoms with Crippen molar-refractivity contribution < 1.29 is 9.90 Å². The Bertz CT molecular complexity index is 471. The number of hydrogen-bond acceptors (Lipinski definition) is 2. The molecule has 1 aromatic carbocycles. The Morgan fingerprint density at radius 1 is 1.44 bits per heavy atom. The maximum Gasteiger partial charge on any atom is 0.255 e. The molecule has 0 aliphatic heterocycles. The van der Waals surface area contributed by atoms with Crippen molar-refractivity contribution in [1.82, 2.24) is 5.32 Å². The van der Waals surface area contributed by atoms with Crippen LogP contribution in [0.2, 0.25) is 0 Å². The highest BCUT2D eigenvalue weighted by atomic mass is 79.9. The second-order valence-electron chi connectivity index (χ2n) is 4.52. The second-order valence-corrected chi connectivity index (χ2v) is 5.44. The second kappa shape index (κ2) is 6.05. The number of amides is 1. The Kier molecular flexibility index (Phi) is 4.42. The van der Waals surface area contributed by atoms with Gasteiger partial charge in [0.05, 0.1) is 5.56 Å². The van der Waals surface area contributed by atoms with Crippen molar-refractivity contribution in [3.05, 3.63) is 40.4 Å². The molecule has 3 nitrogen and oxygen atoms in total. The van der Waals surface area contributed by atoms with Crippen molar-refractivity contribution >= 4 is 21.8 Å². The standard InChI is InChI=1S/C14H16BrNO2/c15-11-6-7-12(13(17)8-11)14(18)16-9-10-4-2-1-3-5-10/h1-2,6-8,10,17H,3-5,9H2,(H,16,18). The number of benzene rings is 1. The molecule has 0 fully saturated rings. The molecule has 2 N–H and O–H groups in total. The number of allylic oxidation sites excluding steroid dienone is 2. The number of phenols is 1. The average Bonchev–Trinajstić information content (AvgIpc) is 2.37. The van der Waals surface area contributed by atoms with Crippen LogP contribution in [-0.2, 0) is 0 Å². The first-order valence-electron chi connectivity index (χ1n) is 6.08. The summed E-state index contributed by atoms with van der Waals surface area (Å²) in [7, 11) is 0. The van der Waals surface area contributed by atoms with Crippen LogP contribution in [0.25, 0.3) is 0 Å². The summed E-state index contributed by atoms with van der Waals surface area (Å²) in [6.45, 7) is 0.665. The zero-order valence-electron chi connectivity index (χ0n) is 10.0. The van der Waals surface area contributed by atoms with E-state index >= 15 is 0 Å². The third kappa shape index (κ3) is 3.35. The quantitative estimate of drug-likeness (QED) is 0.842. The minimum atomic E-state index is -0.213. The summed E-state index contributed by atoms with van der Waals surface area (Å²) in [5.41, 5.74) is 0.324. The van der Waals surface area contributed by atoms with Gasteiger partial charge >= 0.3 is 0 Å². The fourth-order valence-electron chi connectivity index (χ4n) is 2.07. The summed E-state index contributed by atoms with van der Waals surface area (Å²) < 4.78 is 0.758. The predicted molar refractivity (Wildman–Crippen MR) is 74.6 cm³/mol. The molecule has 0 aromatic heterocycles. The summed E-state index contributed by atoms with van der Waals surface area (Å²) in [4.78, 5) is 11.9. The predicted octanol–water partition coefficient (Wildman–Crippen LogP) is 3.24. The molecule has 1 unspecified atom stereocenters. The number of rotatable bonds is 3. The highest BCUT2D eigenvalue weighted by Crippen LogP contribution is 2.22. The van der Waals surface area contributed by atoms with E-state index < -0.39 is 0 Å². The molecule has 0 saturated heterocycles. The fourth-order valence-corrected chi connectivity index (χ4v) is 2.42. The van der Waals surface area contributed by atoms with E-state index in [0.717, 1.165) is 23.7 Å².